The third-order valence-corrected chi connectivity index (χ3v) is 4.78. The van der Waals surface area contributed by atoms with Crippen molar-refractivity contribution in [3.8, 4) is 5.75 Å². The molecular weight excluding hydrogens is 420 g/mol. The Bertz CT molecular complexity index is 903. The molecular formula is C23H25BrO4. The Labute approximate surface area is 174 Å². The van der Waals surface area contributed by atoms with Crippen molar-refractivity contribution in [3.05, 3.63) is 69.7 Å². The molecule has 0 unspecified atom stereocenters. The zero-order valence-corrected chi connectivity index (χ0v) is 18.3. The highest BCUT2D eigenvalue weighted by atomic mass is 79.9. The maximum Gasteiger partial charge on any atom is 0.347 e. The first-order valence-corrected chi connectivity index (χ1v) is 9.74. The molecule has 148 valence electrons. The lowest BCUT2D eigenvalue weighted by molar-refractivity contribution is -0.152. The number of halogens is 1. The van der Waals surface area contributed by atoms with Crippen LogP contribution in [0.1, 0.15) is 56.1 Å². The lowest BCUT2D eigenvalue weighted by Gasteiger charge is -2.28. The van der Waals surface area contributed by atoms with E-state index in [9.17, 15) is 14.7 Å². The number of ketones is 1. The smallest absolute Gasteiger partial charge is 0.347 e. The van der Waals surface area contributed by atoms with Gasteiger partial charge in [0.1, 0.15) is 5.75 Å². The van der Waals surface area contributed by atoms with Gasteiger partial charge in [-0.3, -0.25) is 4.79 Å². The van der Waals surface area contributed by atoms with Gasteiger partial charge in [-0.1, -0.05) is 48.8 Å². The topological polar surface area (TPSA) is 63.6 Å². The predicted molar refractivity (Wildman–Crippen MR) is 115 cm³/mol. The van der Waals surface area contributed by atoms with Crippen LogP contribution in [0.5, 0.6) is 5.75 Å². The fraction of sp³-hybridized carbons (Fsp3) is 0.304. The van der Waals surface area contributed by atoms with Gasteiger partial charge in [0, 0.05) is 15.6 Å². The molecule has 0 heterocycles. The number of carbonyl (C=O) groups is 2. The first-order chi connectivity index (χ1) is 12.9. The van der Waals surface area contributed by atoms with Gasteiger partial charge in [0.05, 0.1) is 0 Å². The first-order valence-electron chi connectivity index (χ1n) is 8.95. The molecule has 0 aliphatic carbocycles. The Morgan fingerprint density at radius 3 is 2.14 bits per heavy atom. The van der Waals surface area contributed by atoms with E-state index in [4.69, 9.17) is 4.74 Å². The van der Waals surface area contributed by atoms with E-state index in [1.54, 1.807) is 24.3 Å². The monoisotopic (exact) mass is 444 g/mol. The van der Waals surface area contributed by atoms with E-state index in [2.05, 4.69) is 15.9 Å². The number of rotatable bonds is 6. The Morgan fingerprint density at radius 1 is 1.00 bits per heavy atom. The molecule has 0 spiro atoms. The van der Waals surface area contributed by atoms with Gasteiger partial charge in [-0.15, -0.1) is 0 Å². The molecule has 0 aliphatic rings. The molecule has 5 heteroatoms. The molecule has 0 bridgehead atoms. The second-order valence-electron chi connectivity index (χ2n) is 8.13. The van der Waals surface area contributed by atoms with Gasteiger partial charge < -0.3 is 9.84 Å². The molecule has 28 heavy (non-hydrogen) atoms. The van der Waals surface area contributed by atoms with Gasteiger partial charge in [0.15, 0.2) is 11.4 Å². The van der Waals surface area contributed by atoms with Crippen molar-refractivity contribution in [1.82, 2.24) is 0 Å². The number of carboxylic acids is 1. The van der Waals surface area contributed by atoms with Crippen LogP contribution in [-0.4, -0.2) is 22.5 Å². The highest BCUT2D eigenvalue weighted by Gasteiger charge is 2.31. The number of ether oxygens (including phenoxy) is 1. The predicted octanol–water partition coefficient (Wildman–Crippen LogP) is 5.88. The van der Waals surface area contributed by atoms with Gasteiger partial charge in [0.25, 0.3) is 0 Å². The molecule has 2 rings (SSSR count). The standard InChI is InChI=1S/C23H25BrO4/c1-22(2,3)18-14-15(7-13-20(18)28-23(4,5)21(26)27)6-12-19(25)16-8-10-17(24)11-9-16/h6-14H,1-5H3,(H,26,27)/b12-6+. The van der Waals surface area contributed by atoms with Crippen molar-refractivity contribution >= 4 is 33.8 Å². The average Bonchev–Trinajstić information content (AvgIpc) is 2.59. The molecule has 0 aromatic heterocycles. The summed E-state index contributed by atoms with van der Waals surface area (Å²) in [5.74, 6) is -0.593. The molecule has 0 saturated heterocycles. The van der Waals surface area contributed by atoms with E-state index in [1.165, 1.54) is 19.9 Å². The van der Waals surface area contributed by atoms with Crippen LogP contribution in [0.25, 0.3) is 6.08 Å². The van der Waals surface area contributed by atoms with Crippen molar-refractivity contribution in [2.75, 3.05) is 0 Å². The Morgan fingerprint density at radius 2 is 1.61 bits per heavy atom. The van der Waals surface area contributed by atoms with Crippen LogP contribution >= 0.6 is 15.9 Å². The van der Waals surface area contributed by atoms with E-state index in [0.29, 0.717) is 11.3 Å². The summed E-state index contributed by atoms with van der Waals surface area (Å²) in [6.45, 7) is 9.13. The average molecular weight is 445 g/mol. The molecule has 0 amide bonds. The number of hydrogen-bond donors (Lipinski definition) is 1. The van der Waals surface area contributed by atoms with Gasteiger partial charge in [0.2, 0.25) is 0 Å². The summed E-state index contributed by atoms with van der Waals surface area (Å²) in [7, 11) is 0. The molecule has 2 aromatic carbocycles. The minimum Gasteiger partial charge on any atom is -0.478 e. The van der Waals surface area contributed by atoms with Crippen molar-refractivity contribution in [2.24, 2.45) is 0 Å². The minimum atomic E-state index is -1.34. The molecule has 0 aliphatic heterocycles. The Kier molecular flexibility index (Phi) is 6.50. The quantitative estimate of drug-likeness (QED) is 0.445. The Hall–Kier alpha value is -2.40. The van der Waals surface area contributed by atoms with Crippen LogP contribution in [0.2, 0.25) is 0 Å². The lowest BCUT2D eigenvalue weighted by Crippen LogP contribution is -2.38. The van der Waals surface area contributed by atoms with Gasteiger partial charge in [-0.25, -0.2) is 4.79 Å². The minimum absolute atomic E-state index is 0.0860. The normalized spacial score (nSPS) is 12.2. The third-order valence-electron chi connectivity index (χ3n) is 4.25. The van der Waals surface area contributed by atoms with Crippen LogP contribution in [0.4, 0.5) is 0 Å². The van der Waals surface area contributed by atoms with Gasteiger partial charge in [-0.05, 0) is 67.3 Å². The zero-order valence-electron chi connectivity index (χ0n) is 16.7. The third kappa shape index (κ3) is 5.55. The highest BCUT2D eigenvalue weighted by Crippen LogP contribution is 2.34. The summed E-state index contributed by atoms with van der Waals surface area (Å²) in [5, 5.41) is 9.34. The SMILES string of the molecule is CC(C)(Oc1ccc(/C=C/C(=O)c2ccc(Br)cc2)cc1C(C)(C)C)C(=O)O. The number of aliphatic carboxylic acids is 1. The van der Waals surface area contributed by atoms with E-state index in [-0.39, 0.29) is 11.2 Å². The second kappa shape index (κ2) is 8.31. The van der Waals surface area contributed by atoms with E-state index >= 15 is 0 Å². The van der Waals surface area contributed by atoms with Crippen LogP contribution < -0.4 is 4.74 Å². The van der Waals surface area contributed by atoms with Gasteiger partial charge >= 0.3 is 5.97 Å². The van der Waals surface area contributed by atoms with E-state index < -0.39 is 11.6 Å². The number of benzene rings is 2. The molecule has 2 aromatic rings. The largest absolute Gasteiger partial charge is 0.478 e. The molecule has 0 fully saturated rings. The summed E-state index contributed by atoms with van der Waals surface area (Å²) < 4.78 is 6.71. The maximum atomic E-state index is 12.3. The fourth-order valence-corrected chi connectivity index (χ4v) is 2.79. The first kappa shape index (κ1) is 21.9. The summed E-state index contributed by atoms with van der Waals surface area (Å²) in [5.41, 5.74) is 0.730. The van der Waals surface area contributed by atoms with Gasteiger partial charge in [-0.2, -0.15) is 0 Å². The van der Waals surface area contributed by atoms with Crippen LogP contribution in [0, 0.1) is 0 Å². The second-order valence-corrected chi connectivity index (χ2v) is 9.04. The lowest BCUT2D eigenvalue weighted by atomic mass is 9.85. The highest BCUT2D eigenvalue weighted by molar-refractivity contribution is 9.10. The summed E-state index contributed by atoms with van der Waals surface area (Å²) in [6.07, 6.45) is 3.29. The molecule has 0 saturated carbocycles. The van der Waals surface area contributed by atoms with Crippen molar-refractivity contribution in [1.29, 1.82) is 0 Å². The zero-order chi connectivity index (χ0) is 21.1. The fourth-order valence-electron chi connectivity index (χ4n) is 2.53. The number of carbonyl (C=O) groups excluding carboxylic acids is 1. The van der Waals surface area contributed by atoms with Crippen molar-refractivity contribution in [2.45, 2.75) is 45.6 Å². The number of hydrogen-bond acceptors (Lipinski definition) is 3. The Balaban J connectivity index is 2.32. The van der Waals surface area contributed by atoms with E-state index in [0.717, 1.165) is 15.6 Å². The van der Waals surface area contributed by atoms with Crippen LogP contribution in [0.3, 0.4) is 0 Å². The number of allylic oxidation sites excluding steroid dienone is 1. The van der Waals surface area contributed by atoms with Crippen molar-refractivity contribution in [3.63, 3.8) is 0 Å². The number of carboxylic acid groups (broad SMARTS) is 1. The summed E-state index contributed by atoms with van der Waals surface area (Å²) in [4.78, 5) is 23.8. The van der Waals surface area contributed by atoms with Crippen molar-refractivity contribution < 1.29 is 19.4 Å². The summed E-state index contributed by atoms with van der Waals surface area (Å²) in [6, 6.07) is 12.7. The van der Waals surface area contributed by atoms with E-state index in [1.807, 2.05) is 45.0 Å². The molecule has 1 N–H and O–H groups in total. The molecule has 0 radical (unpaired) electrons. The van der Waals surface area contributed by atoms with Crippen LogP contribution in [-0.2, 0) is 10.2 Å². The molecule has 0 atom stereocenters. The maximum absolute atomic E-state index is 12.3. The molecule has 4 nitrogen and oxygen atoms in total. The summed E-state index contributed by atoms with van der Waals surface area (Å²) >= 11 is 3.36. The van der Waals surface area contributed by atoms with Crippen LogP contribution in [0.15, 0.2) is 53.0 Å².